The fourth-order valence-corrected chi connectivity index (χ4v) is 1.11. The summed E-state index contributed by atoms with van der Waals surface area (Å²) in [6.45, 7) is 3.15. The van der Waals surface area contributed by atoms with E-state index in [0.29, 0.717) is 25.5 Å². The summed E-state index contributed by atoms with van der Waals surface area (Å²) in [5.74, 6) is 0.446. The maximum atomic E-state index is 11.1. The van der Waals surface area contributed by atoms with Crippen LogP contribution in [0.2, 0.25) is 0 Å². The molecule has 0 unspecified atom stereocenters. The first-order valence-corrected chi connectivity index (χ1v) is 5.49. The van der Waals surface area contributed by atoms with Crippen LogP contribution in [0, 0.1) is 0 Å². The molecule has 0 aromatic carbocycles. The normalized spacial score (nSPS) is 9.81. The van der Waals surface area contributed by atoms with E-state index in [1.807, 2.05) is 6.92 Å². The van der Waals surface area contributed by atoms with Crippen molar-refractivity contribution in [1.29, 1.82) is 0 Å². The van der Waals surface area contributed by atoms with Crippen molar-refractivity contribution in [3.63, 3.8) is 0 Å². The molecule has 0 aliphatic carbocycles. The Morgan fingerprint density at radius 1 is 1.44 bits per heavy atom. The minimum atomic E-state index is -0.141. The summed E-state index contributed by atoms with van der Waals surface area (Å²) < 4.78 is 4.95. The monoisotopic (exact) mass is 223 g/mol. The van der Waals surface area contributed by atoms with Crippen molar-refractivity contribution in [2.24, 2.45) is 0 Å². The number of rotatable bonds is 7. The highest BCUT2D eigenvalue weighted by atomic mass is 16.5. The van der Waals surface area contributed by atoms with E-state index in [9.17, 15) is 4.79 Å². The number of hydrogen-bond acceptors (Lipinski definition) is 5. The zero-order valence-electron chi connectivity index (χ0n) is 9.48. The summed E-state index contributed by atoms with van der Waals surface area (Å²) in [4.78, 5) is 19.1. The highest BCUT2D eigenvalue weighted by molar-refractivity contribution is 5.69. The second-order valence-corrected chi connectivity index (χ2v) is 3.32. The number of carbonyl (C=O) groups is 1. The molecule has 5 nitrogen and oxygen atoms in total. The third-order valence-electron chi connectivity index (χ3n) is 1.87. The summed E-state index contributed by atoms with van der Waals surface area (Å²) in [5.41, 5.74) is 0. The van der Waals surface area contributed by atoms with E-state index in [4.69, 9.17) is 4.74 Å². The van der Waals surface area contributed by atoms with Crippen molar-refractivity contribution in [2.75, 3.05) is 18.5 Å². The van der Waals surface area contributed by atoms with Gasteiger partial charge in [-0.15, -0.1) is 0 Å². The first kappa shape index (κ1) is 12.4. The minimum Gasteiger partial charge on any atom is -0.466 e. The summed E-state index contributed by atoms with van der Waals surface area (Å²) in [6, 6.07) is 1.76. The SMILES string of the molecule is CCCOC(=O)CCCNc1ncccn1. The molecule has 0 saturated heterocycles. The van der Waals surface area contributed by atoms with Gasteiger partial charge in [0.05, 0.1) is 6.61 Å². The van der Waals surface area contributed by atoms with Gasteiger partial charge in [0, 0.05) is 25.4 Å². The average molecular weight is 223 g/mol. The average Bonchev–Trinajstić information content (AvgIpc) is 2.33. The number of aromatic nitrogens is 2. The van der Waals surface area contributed by atoms with Gasteiger partial charge in [0.2, 0.25) is 5.95 Å². The molecule has 0 spiro atoms. The van der Waals surface area contributed by atoms with Crippen LogP contribution in [-0.2, 0) is 9.53 Å². The van der Waals surface area contributed by atoms with Crippen LogP contribution in [0.1, 0.15) is 26.2 Å². The van der Waals surface area contributed by atoms with Gasteiger partial charge in [0.1, 0.15) is 0 Å². The number of anilines is 1. The molecular formula is C11H17N3O2. The number of nitrogens with one attached hydrogen (secondary N) is 1. The molecule has 1 N–H and O–H groups in total. The first-order valence-electron chi connectivity index (χ1n) is 5.49. The molecule has 16 heavy (non-hydrogen) atoms. The van der Waals surface area contributed by atoms with Crippen LogP contribution < -0.4 is 5.32 Å². The first-order chi connectivity index (χ1) is 7.83. The van der Waals surface area contributed by atoms with Gasteiger partial charge in [-0.2, -0.15) is 0 Å². The van der Waals surface area contributed by atoms with Crippen molar-refractivity contribution in [2.45, 2.75) is 26.2 Å². The van der Waals surface area contributed by atoms with Crippen LogP contribution in [0.4, 0.5) is 5.95 Å². The lowest BCUT2D eigenvalue weighted by atomic mass is 10.3. The van der Waals surface area contributed by atoms with E-state index in [1.54, 1.807) is 18.5 Å². The Hall–Kier alpha value is -1.65. The van der Waals surface area contributed by atoms with Crippen molar-refractivity contribution in [3.8, 4) is 0 Å². The molecule has 1 aromatic heterocycles. The van der Waals surface area contributed by atoms with Crippen molar-refractivity contribution in [3.05, 3.63) is 18.5 Å². The third kappa shape index (κ3) is 5.29. The van der Waals surface area contributed by atoms with E-state index >= 15 is 0 Å². The van der Waals surface area contributed by atoms with Crippen LogP contribution in [-0.4, -0.2) is 29.1 Å². The lowest BCUT2D eigenvalue weighted by Crippen LogP contribution is -2.10. The smallest absolute Gasteiger partial charge is 0.305 e. The summed E-state index contributed by atoms with van der Waals surface area (Å²) >= 11 is 0. The number of esters is 1. The van der Waals surface area contributed by atoms with Gasteiger partial charge in [0.25, 0.3) is 0 Å². The van der Waals surface area contributed by atoms with Crippen molar-refractivity contribution >= 4 is 11.9 Å². The molecule has 0 atom stereocenters. The molecule has 1 aromatic rings. The second-order valence-electron chi connectivity index (χ2n) is 3.32. The van der Waals surface area contributed by atoms with E-state index in [0.717, 1.165) is 12.8 Å². The third-order valence-corrected chi connectivity index (χ3v) is 1.87. The Labute approximate surface area is 95.3 Å². The molecule has 1 heterocycles. The van der Waals surface area contributed by atoms with Gasteiger partial charge in [0.15, 0.2) is 0 Å². The summed E-state index contributed by atoms with van der Waals surface area (Å²) in [7, 11) is 0. The van der Waals surface area contributed by atoms with Gasteiger partial charge in [-0.25, -0.2) is 9.97 Å². The number of nitrogens with zero attached hydrogens (tertiary/aromatic N) is 2. The Morgan fingerprint density at radius 2 is 2.19 bits per heavy atom. The number of ether oxygens (including phenoxy) is 1. The molecule has 0 aliphatic heterocycles. The molecule has 0 fully saturated rings. The standard InChI is InChI=1S/C11H17N3O2/c1-2-9-16-10(15)5-3-6-12-11-13-7-4-8-14-11/h4,7-8H,2-3,5-6,9H2,1H3,(H,12,13,14). The lowest BCUT2D eigenvalue weighted by Gasteiger charge is -2.04. The molecular weight excluding hydrogens is 206 g/mol. The fraction of sp³-hybridized carbons (Fsp3) is 0.545. The highest BCUT2D eigenvalue weighted by Gasteiger charge is 2.01. The molecule has 0 bridgehead atoms. The van der Waals surface area contributed by atoms with Crippen LogP contribution in [0.5, 0.6) is 0 Å². The van der Waals surface area contributed by atoms with E-state index in [1.165, 1.54) is 0 Å². The van der Waals surface area contributed by atoms with Crippen molar-refractivity contribution in [1.82, 2.24) is 9.97 Å². The Bertz CT molecular complexity index is 303. The van der Waals surface area contributed by atoms with E-state index in [2.05, 4.69) is 15.3 Å². The van der Waals surface area contributed by atoms with Gasteiger partial charge in [-0.05, 0) is 18.9 Å². The van der Waals surface area contributed by atoms with Gasteiger partial charge >= 0.3 is 5.97 Å². The predicted molar refractivity (Wildman–Crippen MR) is 61.0 cm³/mol. The summed E-state index contributed by atoms with van der Waals surface area (Å²) in [5, 5.41) is 3.03. The lowest BCUT2D eigenvalue weighted by molar-refractivity contribution is -0.143. The molecule has 0 radical (unpaired) electrons. The van der Waals surface area contributed by atoms with Crippen LogP contribution in [0.25, 0.3) is 0 Å². The van der Waals surface area contributed by atoms with Crippen molar-refractivity contribution < 1.29 is 9.53 Å². The maximum Gasteiger partial charge on any atom is 0.305 e. The molecule has 0 aliphatic rings. The van der Waals surface area contributed by atoms with Gasteiger partial charge < -0.3 is 10.1 Å². The highest BCUT2D eigenvalue weighted by Crippen LogP contribution is 1.97. The van der Waals surface area contributed by atoms with E-state index < -0.39 is 0 Å². The molecule has 1 rings (SSSR count). The Morgan fingerprint density at radius 3 is 2.88 bits per heavy atom. The Kier molecular flexibility index (Phi) is 5.91. The minimum absolute atomic E-state index is 0.141. The Balaban J connectivity index is 2.06. The van der Waals surface area contributed by atoms with Gasteiger partial charge in [-0.3, -0.25) is 4.79 Å². The molecule has 5 heteroatoms. The zero-order chi connectivity index (χ0) is 11.6. The number of carbonyl (C=O) groups excluding carboxylic acids is 1. The molecule has 0 saturated carbocycles. The van der Waals surface area contributed by atoms with Crippen LogP contribution >= 0.6 is 0 Å². The molecule has 0 amide bonds. The topological polar surface area (TPSA) is 64.1 Å². The maximum absolute atomic E-state index is 11.1. The van der Waals surface area contributed by atoms with Gasteiger partial charge in [-0.1, -0.05) is 6.92 Å². The quantitative estimate of drug-likeness (QED) is 0.562. The molecule has 88 valence electrons. The van der Waals surface area contributed by atoms with Crippen LogP contribution in [0.3, 0.4) is 0 Å². The van der Waals surface area contributed by atoms with E-state index in [-0.39, 0.29) is 5.97 Å². The largest absolute Gasteiger partial charge is 0.466 e. The summed E-state index contributed by atoms with van der Waals surface area (Å²) in [6.07, 6.45) is 5.36. The fourth-order valence-electron chi connectivity index (χ4n) is 1.11. The predicted octanol–water partition coefficient (Wildman–Crippen LogP) is 1.62. The van der Waals surface area contributed by atoms with Crippen LogP contribution in [0.15, 0.2) is 18.5 Å². The second kappa shape index (κ2) is 7.62. The number of hydrogen-bond donors (Lipinski definition) is 1. The zero-order valence-corrected chi connectivity index (χ0v) is 9.48.